The Morgan fingerprint density at radius 2 is 1.74 bits per heavy atom. The van der Waals surface area contributed by atoms with Crippen LogP contribution >= 0.6 is 23.2 Å². The Balaban J connectivity index is 1.70. The predicted molar refractivity (Wildman–Crippen MR) is 102 cm³/mol. The zero-order valence-corrected chi connectivity index (χ0v) is 16.0. The van der Waals surface area contributed by atoms with Crippen LogP contribution in [0.4, 0.5) is 4.79 Å². The molecule has 1 aliphatic rings. The first-order valence-electron chi connectivity index (χ1n) is 8.26. The van der Waals surface area contributed by atoms with Gasteiger partial charge in [-0.15, -0.1) is 0 Å². The second kappa shape index (κ2) is 7.58. The molecule has 0 bridgehead atoms. The van der Waals surface area contributed by atoms with Crippen LogP contribution in [0.2, 0.25) is 10.0 Å². The van der Waals surface area contributed by atoms with E-state index in [1.54, 1.807) is 6.92 Å². The molecule has 6 nitrogen and oxygen atoms in total. The molecule has 1 aliphatic heterocycles. The summed E-state index contributed by atoms with van der Waals surface area (Å²) >= 11 is 11.8. The maximum absolute atomic E-state index is 12.7. The highest BCUT2D eigenvalue weighted by Gasteiger charge is 2.48. The number of hydrazine groups is 1. The smallest absolute Gasteiger partial charge is 0.322 e. The molecule has 2 N–H and O–H groups in total. The van der Waals surface area contributed by atoms with Gasteiger partial charge in [0, 0.05) is 15.6 Å². The monoisotopic (exact) mass is 405 g/mol. The van der Waals surface area contributed by atoms with E-state index in [9.17, 15) is 14.4 Å². The van der Waals surface area contributed by atoms with Gasteiger partial charge in [-0.2, -0.15) is 5.01 Å². The van der Waals surface area contributed by atoms with Crippen molar-refractivity contribution in [3.63, 3.8) is 0 Å². The number of nitrogens with one attached hydrogen (secondary N) is 2. The van der Waals surface area contributed by atoms with Gasteiger partial charge in [-0.1, -0.05) is 53.5 Å². The molecule has 1 unspecified atom stereocenters. The number of carbonyl (C=O) groups excluding carboxylic acids is 3. The summed E-state index contributed by atoms with van der Waals surface area (Å²) in [5, 5.41) is 3.90. The number of halogens is 2. The maximum Gasteiger partial charge on any atom is 0.344 e. The van der Waals surface area contributed by atoms with E-state index in [4.69, 9.17) is 23.2 Å². The average molecular weight is 406 g/mol. The van der Waals surface area contributed by atoms with Gasteiger partial charge < -0.3 is 5.32 Å². The number of urea groups is 1. The normalized spacial score (nSPS) is 19.1. The molecule has 2 aromatic carbocycles. The largest absolute Gasteiger partial charge is 0.344 e. The molecule has 0 radical (unpaired) electrons. The van der Waals surface area contributed by atoms with Gasteiger partial charge in [0.25, 0.3) is 11.8 Å². The Kier molecular flexibility index (Phi) is 5.39. The molecule has 0 aliphatic carbocycles. The van der Waals surface area contributed by atoms with Crippen molar-refractivity contribution in [3.8, 4) is 0 Å². The first kappa shape index (κ1) is 19.2. The highest BCUT2D eigenvalue weighted by atomic mass is 35.5. The van der Waals surface area contributed by atoms with E-state index in [2.05, 4.69) is 10.7 Å². The van der Waals surface area contributed by atoms with Crippen LogP contribution < -0.4 is 10.7 Å². The third kappa shape index (κ3) is 4.23. The number of nitrogens with zero attached hydrogens (tertiary/aromatic N) is 1. The number of amides is 4. The molecule has 2 aromatic rings. The van der Waals surface area contributed by atoms with Crippen LogP contribution in [-0.2, 0) is 11.2 Å². The minimum Gasteiger partial charge on any atom is -0.322 e. The Morgan fingerprint density at radius 3 is 2.37 bits per heavy atom. The van der Waals surface area contributed by atoms with E-state index in [0.29, 0.717) is 17.9 Å². The summed E-state index contributed by atoms with van der Waals surface area (Å²) in [5.41, 5.74) is 2.41. The lowest BCUT2D eigenvalue weighted by Gasteiger charge is -2.21. The third-order valence-corrected chi connectivity index (χ3v) is 4.79. The Hall–Kier alpha value is -2.57. The molecule has 140 valence electrons. The second-order valence-corrected chi connectivity index (χ2v) is 7.36. The van der Waals surface area contributed by atoms with Crippen molar-refractivity contribution in [2.75, 3.05) is 0 Å². The summed E-state index contributed by atoms with van der Waals surface area (Å²) in [4.78, 5) is 37.4. The Labute approximate surface area is 166 Å². The highest BCUT2D eigenvalue weighted by molar-refractivity contribution is 6.35. The van der Waals surface area contributed by atoms with Gasteiger partial charge in [0.2, 0.25) is 0 Å². The zero-order valence-electron chi connectivity index (χ0n) is 14.5. The van der Waals surface area contributed by atoms with Crippen LogP contribution in [0.1, 0.15) is 29.3 Å². The zero-order chi connectivity index (χ0) is 19.6. The molecule has 0 aromatic heterocycles. The number of hydrogen-bond acceptors (Lipinski definition) is 3. The van der Waals surface area contributed by atoms with Crippen molar-refractivity contribution in [2.45, 2.75) is 25.3 Å². The number of aryl methyl sites for hydroxylation is 1. The molecule has 4 amide bonds. The van der Waals surface area contributed by atoms with E-state index in [0.717, 1.165) is 5.56 Å². The minimum absolute atomic E-state index is 0.144. The van der Waals surface area contributed by atoms with Crippen molar-refractivity contribution in [3.05, 3.63) is 69.7 Å². The topological polar surface area (TPSA) is 78.5 Å². The number of imide groups is 1. The van der Waals surface area contributed by atoms with Crippen LogP contribution in [0.25, 0.3) is 0 Å². The lowest BCUT2D eigenvalue weighted by molar-refractivity contribution is -0.132. The number of hydrogen-bond donors (Lipinski definition) is 2. The quantitative estimate of drug-likeness (QED) is 0.746. The van der Waals surface area contributed by atoms with Gasteiger partial charge in [-0.3, -0.25) is 15.0 Å². The van der Waals surface area contributed by atoms with Crippen molar-refractivity contribution in [2.24, 2.45) is 0 Å². The first-order valence-corrected chi connectivity index (χ1v) is 9.02. The highest BCUT2D eigenvalue weighted by Crippen LogP contribution is 2.23. The van der Waals surface area contributed by atoms with Crippen LogP contribution in [0.15, 0.2) is 48.5 Å². The molecule has 3 rings (SSSR count). The number of benzene rings is 2. The summed E-state index contributed by atoms with van der Waals surface area (Å²) in [6.07, 6.45) is 1.01. The molecule has 8 heteroatoms. The molecular formula is C19H17Cl2N3O3. The molecular weight excluding hydrogens is 389 g/mol. The Bertz CT molecular complexity index is 884. The van der Waals surface area contributed by atoms with E-state index in [1.807, 2.05) is 30.3 Å². The molecule has 0 saturated carbocycles. The number of rotatable bonds is 5. The molecule has 1 heterocycles. The van der Waals surface area contributed by atoms with Crippen LogP contribution in [0, 0.1) is 0 Å². The third-order valence-electron chi connectivity index (χ3n) is 4.36. The van der Waals surface area contributed by atoms with E-state index in [-0.39, 0.29) is 15.6 Å². The molecule has 1 atom stereocenters. The van der Waals surface area contributed by atoms with Crippen LogP contribution in [0.5, 0.6) is 0 Å². The fraction of sp³-hybridized carbons (Fsp3) is 0.211. The summed E-state index contributed by atoms with van der Waals surface area (Å²) in [7, 11) is 0. The van der Waals surface area contributed by atoms with Gasteiger partial charge in [0.15, 0.2) is 0 Å². The molecule has 1 saturated heterocycles. The van der Waals surface area contributed by atoms with Crippen LogP contribution in [0.3, 0.4) is 0 Å². The Morgan fingerprint density at radius 1 is 1.11 bits per heavy atom. The van der Waals surface area contributed by atoms with E-state index < -0.39 is 23.4 Å². The van der Waals surface area contributed by atoms with Crippen molar-refractivity contribution in [1.82, 2.24) is 15.8 Å². The lowest BCUT2D eigenvalue weighted by atomic mass is 9.93. The number of carbonyl (C=O) groups is 3. The van der Waals surface area contributed by atoms with Gasteiger partial charge in [-0.05, 0) is 43.5 Å². The predicted octanol–water partition coefficient (Wildman–Crippen LogP) is 3.58. The van der Waals surface area contributed by atoms with Gasteiger partial charge in [0.1, 0.15) is 5.54 Å². The lowest BCUT2D eigenvalue weighted by Crippen LogP contribution is -2.48. The maximum atomic E-state index is 12.7. The van der Waals surface area contributed by atoms with E-state index >= 15 is 0 Å². The van der Waals surface area contributed by atoms with Crippen molar-refractivity contribution in [1.29, 1.82) is 0 Å². The summed E-state index contributed by atoms with van der Waals surface area (Å²) < 4.78 is 0. The fourth-order valence-corrected chi connectivity index (χ4v) is 3.37. The summed E-state index contributed by atoms with van der Waals surface area (Å²) in [5.74, 6) is -1.18. The van der Waals surface area contributed by atoms with Gasteiger partial charge in [-0.25, -0.2) is 4.79 Å². The van der Waals surface area contributed by atoms with Crippen LogP contribution in [-0.4, -0.2) is 28.4 Å². The van der Waals surface area contributed by atoms with E-state index in [1.165, 1.54) is 18.2 Å². The minimum atomic E-state index is -1.10. The molecule has 0 spiro atoms. The standard InChI is InChI=1S/C19H17Cl2N3O3/c1-19(8-7-12-5-3-2-4-6-12)17(26)24(18(27)22-19)23-16(25)13-9-14(20)11-15(21)10-13/h2-6,9-11H,7-8H2,1H3,(H,22,27)(H,23,25). The second-order valence-electron chi connectivity index (χ2n) is 6.49. The SMILES string of the molecule is CC1(CCc2ccccc2)NC(=O)N(NC(=O)c2cc(Cl)cc(Cl)c2)C1=O. The first-order chi connectivity index (χ1) is 12.8. The fourth-order valence-electron chi connectivity index (χ4n) is 2.85. The van der Waals surface area contributed by atoms with Crippen molar-refractivity contribution < 1.29 is 14.4 Å². The van der Waals surface area contributed by atoms with Gasteiger partial charge >= 0.3 is 6.03 Å². The molecule has 1 fully saturated rings. The summed E-state index contributed by atoms with van der Waals surface area (Å²) in [6, 6.07) is 13.2. The van der Waals surface area contributed by atoms with Gasteiger partial charge in [0.05, 0.1) is 0 Å². The average Bonchev–Trinajstić information content (AvgIpc) is 2.83. The molecule has 27 heavy (non-hydrogen) atoms. The summed E-state index contributed by atoms with van der Waals surface area (Å²) in [6.45, 7) is 1.64. The van der Waals surface area contributed by atoms with Crippen molar-refractivity contribution >= 4 is 41.0 Å².